The molecule has 4 heterocycles. The molecule has 2 aliphatic carbocycles. The molecule has 0 spiro atoms. The molecule has 2 aromatic heterocycles. The normalized spacial score (nSPS) is 18.4. The van der Waals surface area contributed by atoms with Crippen molar-refractivity contribution < 1.29 is 22.7 Å². The van der Waals surface area contributed by atoms with E-state index in [0.717, 1.165) is 103 Å². The molecule has 4 aromatic rings. The maximum atomic E-state index is 14.3. The predicted octanol–water partition coefficient (Wildman–Crippen LogP) is 6.35. The van der Waals surface area contributed by atoms with E-state index in [0.29, 0.717) is 31.1 Å². The highest BCUT2D eigenvalue weighted by Gasteiger charge is 2.34. The van der Waals surface area contributed by atoms with Crippen LogP contribution in [0.15, 0.2) is 42.6 Å². The summed E-state index contributed by atoms with van der Waals surface area (Å²) in [6.07, 6.45) is 12.8. The number of allylic oxidation sites excluding steroid dienone is 1. The quantitative estimate of drug-likeness (QED) is 0.217. The number of ether oxygens (including phenoxy) is 1. The van der Waals surface area contributed by atoms with Crippen LogP contribution in [0, 0.1) is 0 Å². The molecular weight excluding hydrogens is 677 g/mol. The molecule has 2 aliphatic heterocycles. The molecule has 52 heavy (non-hydrogen) atoms. The van der Waals surface area contributed by atoms with Gasteiger partial charge in [0.05, 0.1) is 48.1 Å². The number of nitrogens with one attached hydrogen (secondary N) is 2. The Morgan fingerprint density at radius 1 is 0.962 bits per heavy atom. The van der Waals surface area contributed by atoms with Crippen molar-refractivity contribution in [1.29, 1.82) is 0 Å². The number of benzene rings is 2. The first-order valence-electron chi connectivity index (χ1n) is 18.8. The maximum absolute atomic E-state index is 14.3. The summed E-state index contributed by atoms with van der Waals surface area (Å²) in [6, 6.07) is 12.0. The third kappa shape index (κ3) is 6.13. The summed E-state index contributed by atoms with van der Waals surface area (Å²) < 4.78 is 37.9. The van der Waals surface area contributed by atoms with E-state index in [-0.39, 0.29) is 17.5 Å². The van der Waals surface area contributed by atoms with E-state index in [4.69, 9.17) is 9.84 Å². The number of rotatable bonds is 8. The summed E-state index contributed by atoms with van der Waals surface area (Å²) in [5, 5.41) is 8.58. The van der Waals surface area contributed by atoms with Gasteiger partial charge in [0, 0.05) is 48.2 Å². The van der Waals surface area contributed by atoms with Crippen molar-refractivity contribution in [2.45, 2.75) is 89.0 Å². The lowest BCUT2D eigenvalue weighted by atomic mass is 9.81. The van der Waals surface area contributed by atoms with Crippen LogP contribution in [0.3, 0.4) is 0 Å². The van der Waals surface area contributed by atoms with Crippen LogP contribution < -0.4 is 14.8 Å². The smallest absolute Gasteiger partial charge is 0.264 e. The molecule has 2 aromatic carbocycles. The first-order valence-corrected chi connectivity index (χ1v) is 20.4. The van der Waals surface area contributed by atoms with Crippen molar-refractivity contribution in [1.82, 2.24) is 29.3 Å². The fraction of sp³-hybridized carbons (Fsp3) is 0.475. The van der Waals surface area contributed by atoms with Crippen molar-refractivity contribution in [3.63, 3.8) is 0 Å². The van der Waals surface area contributed by atoms with Gasteiger partial charge in [0.2, 0.25) is 10.0 Å². The number of carbonyl (C=O) groups is 2. The van der Waals surface area contributed by atoms with Gasteiger partial charge in [0.25, 0.3) is 11.8 Å². The number of carbonyl (C=O) groups excluding carboxylic acids is 2. The Labute approximate surface area is 305 Å². The first-order chi connectivity index (χ1) is 25.1. The molecule has 1 saturated heterocycles. The molecule has 3 fully saturated rings. The van der Waals surface area contributed by atoms with Gasteiger partial charge in [0.15, 0.2) is 0 Å². The lowest BCUT2D eigenvalue weighted by Gasteiger charge is -2.30. The van der Waals surface area contributed by atoms with Crippen molar-refractivity contribution in [3.8, 4) is 17.0 Å². The predicted molar refractivity (Wildman–Crippen MR) is 203 cm³/mol. The third-order valence-corrected chi connectivity index (χ3v) is 13.3. The molecule has 2 N–H and O–H groups in total. The molecule has 8 rings (SSSR count). The van der Waals surface area contributed by atoms with Crippen LogP contribution in [0.2, 0.25) is 0 Å². The summed E-state index contributed by atoms with van der Waals surface area (Å²) in [6.45, 7) is 6.33. The summed E-state index contributed by atoms with van der Waals surface area (Å²) in [5.74, 6) is 0.416. The van der Waals surface area contributed by atoms with Gasteiger partial charge < -0.3 is 19.5 Å². The van der Waals surface area contributed by atoms with Gasteiger partial charge in [-0.25, -0.2) is 13.1 Å². The van der Waals surface area contributed by atoms with Gasteiger partial charge in [-0.3, -0.25) is 14.3 Å². The summed E-state index contributed by atoms with van der Waals surface area (Å²) >= 11 is 0. The number of amides is 2. The minimum absolute atomic E-state index is 0.0103. The molecule has 2 amide bonds. The molecule has 0 bridgehead atoms. The van der Waals surface area contributed by atoms with E-state index in [2.05, 4.69) is 37.5 Å². The SMILES string of the molecule is COc1ccc2c(c1)C=C(c1c(C(=O)N3CCNCC3)cnn1C1CCC1)Cn1c-2c(C2CCCCC2)c2ccc(C(=O)NS(=O)(=O)C(C)C)cc21. The Hall–Kier alpha value is -4.42. The molecule has 0 radical (unpaired) electrons. The number of piperazine rings is 1. The lowest BCUT2D eigenvalue weighted by molar-refractivity contribution is 0.0735. The Kier molecular flexibility index (Phi) is 9.23. The highest BCUT2D eigenvalue weighted by Crippen LogP contribution is 2.48. The Balaban J connectivity index is 1.36. The fourth-order valence-electron chi connectivity index (χ4n) is 8.42. The van der Waals surface area contributed by atoms with Crippen LogP contribution in [0.25, 0.3) is 33.8 Å². The molecule has 2 saturated carbocycles. The zero-order chi connectivity index (χ0) is 36.1. The average Bonchev–Trinajstić information content (AvgIpc) is 3.64. The Morgan fingerprint density at radius 2 is 1.73 bits per heavy atom. The molecule has 0 atom stereocenters. The van der Waals surface area contributed by atoms with Crippen molar-refractivity contribution in [3.05, 3.63) is 70.5 Å². The summed E-state index contributed by atoms with van der Waals surface area (Å²) in [5.41, 5.74) is 7.98. The van der Waals surface area contributed by atoms with E-state index in [9.17, 15) is 18.0 Å². The number of fused-ring (bicyclic) bond motifs is 5. The minimum Gasteiger partial charge on any atom is -0.497 e. The van der Waals surface area contributed by atoms with Crippen LogP contribution in [0.1, 0.15) is 115 Å². The van der Waals surface area contributed by atoms with Crippen molar-refractivity contribution >= 4 is 44.4 Å². The van der Waals surface area contributed by atoms with Crippen molar-refractivity contribution in [2.75, 3.05) is 33.3 Å². The summed E-state index contributed by atoms with van der Waals surface area (Å²) in [4.78, 5) is 29.7. The standard InChI is InChI=1S/C40H48N6O5S/c1-25(2)52(49,50)43-39(47)27-12-14-33-35(22-27)45-24-29(37-34(23-42-46(37)30-10-7-11-30)40(48)44-18-16-41-17-19-44)20-28-21-31(51-3)13-15-32(28)38(45)36(33)26-8-5-4-6-9-26/h12-15,20-23,25-26,30,41H,4-11,16-19,24H2,1-3H3,(H,43,47). The maximum Gasteiger partial charge on any atom is 0.264 e. The highest BCUT2D eigenvalue weighted by atomic mass is 32.2. The molecule has 0 unspecified atom stereocenters. The largest absolute Gasteiger partial charge is 0.497 e. The van der Waals surface area contributed by atoms with E-state index in [1.807, 2.05) is 23.1 Å². The topological polar surface area (TPSA) is 128 Å². The van der Waals surface area contributed by atoms with E-state index >= 15 is 0 Å². The average molecular weight is 725 g/mol. The number of nitrogens with zero attached hydrogens (tertiary/aromatic N) is 4. The molecule has 274 valence electrons. The van der Waals surface area contributed by atoms with Gasteiger partial charge in [-0.1, -0.05) is 25.3 Å². The van der Waals surface area contributed by atoms with Crippen LogP contribution in [-0.4, -0.2) is 78.0 Å². The second kappa shape index (κ2) is 13.9. The zero-order valence-electron chi connectivity index (χ0n) is 30.3. The van der Waals surface area contributed by atoms with Gasteiger partial charge in [-0.15, -0.1) is 0 Å². The van der Waals surface area contributed by atoms with E-state index in [1.165, 1.54) is 12.0 Å². The Morgan fingerprint density at radius 3 is 2.42 bits per heavy atom. The van der Waals surface area contributed by atoms with Gasteiger partial charge in [-0.05, 0) is 105 Å². The first kappa shape index (κ1) is 34.7. The monoisotopic (exact) mass is 724 g/mol. The highest BCUT2D eigenvalue weighted by molar-refractivity contribution is 7.90. The third-order valence-electron chi connectivity index (χ3n) is 11.6. The molecule has 12 heteroatoms. The van der Waals surface area contributed by atoms with Crippen molar-refractivity contribution in [2.24, 2.45) is 0 Å². The van der Waals surface area contributed by atoms with E-state index in [1.54, 1.807) is 33.2 Å². The molecular formula is C40H48N6O5S. The molecule has 11 nitrogen and oxygen atoms in total. The van der Waals surface area contributed by atoms with Crippen LogP contribution in [-0.2, 0) is 16.6 Å². The van der Waals surface area contributed by atoms with Crippen LogP contribution >= 0.6 is 0 Å². The molecule has 4 aliphatic rings. The number of aromatic nitrogens is 3. The fourth-order valence-corrected chi connectivity index (χ4v) is 9.03. The van der Waals surface area contributed by atoms with Gasteiger partial charge in [0.1, 0.15) is 5.75 Å². The number of hydrogen-bond donors (Lipinski definition) is 2. The van der Waals surface area contributed by atoms with Gasteiger partial charge in [-0.2, -0.15) is 5.10 Å². The zero-order valence-corrected chi connectivity index (χ0v) is 31.1. The van der Waals surface area contributed by atoms with E-state index < -0.39 is 21.2 Å². The van der Waals surface area contributed by atoms with Crippen LogP contribution in [0.4, 0.5) is 0 Å². The Bertz CT molecular complexity index is 2180. The van der Waals surface area contributed by atoms with Crippen LogP contribution in [0.5, 0.6) is 5.75 Å². The minimum atomic E-state index is -3.83. The summed E-state index contributed by atoms with van der Waals surface area (Å²) in [7, 11) is -2.15. The second-order valence-electron chi connectivity index (χ2n) is 15.0. The lowest BCUT2D eigenvalue weighted by Crippen LogP contribution is -2.46. The number of sulfonamides is 1. The van der Waals surface area contributed by atoms with Gasteiger partial charge >= 0.3 is 0 Å². The number of methoxy groups -OCH3 is 1. The number of hydrogen-bond acceptors (Lipinski definition) is 7. The second-order valence-corrected chi connectivity index (χ2v) is 17.3.